The molecule has 0 saturated heterocycles. The molecule has 0 bridgehead atoms. The SMILES string of the molecule is CN(c1ccc(F)c(F)c1Nc1ccc(I)cc1F)S(=O)(=O)C1CC1. The number of halogens is 4. The molecule has 2 aromatic rings. The summed E-state index contributed by atoms with van der Waals surface area (Å²) in [4.78, 5) is 0. The highest BCUT2D eigenvalue weighted by atomic mass is 127. The molecule has 3 rings (SSSR count). The van der Waals surface area contributed by atoms with Crippen molar-refractivity contribution in [1.29, 1.82) is 0 Å². The summed E-state index contributed by atoms with van der Waals surface area (Å²) in [6.07, 6.45) is 1.07. The van der Waals surface area contributed by atoms with Gasteiger partial charge in [0.25, 0.3) is 0 Å². The molecule has 0 aliphatic heterocycles. The number of sulfonamides is 1. The van der Waals surface area contributed by atoms with Crippen molar-refractivity contribution in [2.45, 2.75) is 18.1 Å². The van der Waals surface area contributed by atoms with Crippen LogP contribution in [0.3, 0.4) is 0 Å². The lowest BCUT2D eigenvalue weighted by atomic mass is 10.2. The first kappa shape index (κ1) is 18.3. The Morgan fingerprint density at radius 1 is 1.12 bits per heavy atom. The van der Waals surface area contributed by atoms with E-state index in [0.29, 0.717) is 16.4 Å². The minimum absolute atomic E-state index is 0.0799. The van der Waals surface area contributed by atoms with Gasteiger partial charge >= 0.3 is 0 Å². The molecular formula is C16H14F3IN2O2S. The summed E-state index contributed by atoms with van der Waals surface area (Å²) in [6.45, 7) is 0. The molecule has 1 N–H and O–H groups in total. The zero-order chi connectivity index (χ0) is 18.4. The van der Waals surface area contributed by atoms with Gasteiger partial charge in [0.05, 0.1) is 16.6 Å². The van der Waals surface area contributed by atoms with Crippen LogP contribution < -0.4 is 9.62 Å². The normalized spacial score (nSPS) is 14.4. The van der Waals surface area contributed by atoms with Crippen molar-refractivity contribution in [2.75, 3.05) is 16.7 Å². The Hall–Kier alpha value is -1.49. The molecule has 0 atom stereocenters. The van der Waals surface area contributed by atoms with E-state index in [2.05, 4.69) is 5.32 Å². The number of rotatable bonds is 5. The molecule has 0 aromatic heterocycles. The van der Waals surface area contributed by atoms with Crippen molar-refractivity contribution in [1.82, 2.24) is 0 Å². The molecule has 1 aliphatic carbocycles. The summed E-state index contributed by atoms with van der Waals surface area (Å²) >= 11 is 1.92. The second-order valence-corrected chi connectivity index (χ2v) is 9.21. The van der Waals surface area contributed by atoms with Crippen LogP contribution in [0.2, 0.25) is 0 Å². The van der Waals surface area contributed by atoms with Gasteiger partial charge in [-0.2, -0.15) is 0 Å². The highest BCUT2D eigenvalue weighted by molar-refractivity contribution is 14.1. The fourth-order valence-electron chi connectivity index (χ4n) is 2.37. The molecule has 1 aliphatic rings. The Kier molecular flexibility index (Phi) is 4.89. The first-order valence-corrected chi connectivity index (χ1v) is 9.98. The van der Waals surface area contributed by atoms with Crippen LogP contribution in [-0.4, -0.2) is 20.7 Å². The monoisotopic (exact) mass is 482 g/mol. The predicted molar refractivity (Wildman–Crippen MR) is 99.1 cm³/mol. The van der Waals surface area contributed by atoms with E-state index in [1.807, 2.05) is 22.6 Å². The van der Waals surface area contributed by atoms with Crippen molar-refractivity contribution in [3.63, 3.8) is 0 Å². The van der Waals surface area contributed by atoms with E-state index in [9.17, 15) is 21.6 Å². The molecule has 1 fully saturated rings. The Bertz CT molecular complexity index is 933. The van der Waals surface area contributed by atoms with E-state index in [4.69, 9.17) is 0 Å². The third kappa shape index (κ3) is 3.57. The standard InChI is InChI=1S/C16H14F3IN2O2S/c1-22(25(23,24)10-3-4-10)14-7-5-11(17)15(19)16(14)21-13-6-2-9(20)8-12(13)18/h2,5-8,10,21H,3-4H2,1H3. The lowest BCUT2D eigenvalue weighted by Crippen LogP contribution is -2.30. The van der Waals surface area contributed by atoms with Crippen LogP contribution in [-0.2, 0) is 10.0 Å². The van der Waals surface area contributed by atoms with Gasteiger partial charge in [-0.1, -0.05) is 0 Å². The third-order valence-corrected chi connectivity index (χ3v) is 6.88. The van der Waals surface area contributed by atoms with E-state index >= 15 is 0 Å². The average molecular weight is 482 g/mol. The van der Waals surface area contributed by atoms with Crippen LogP contribution in [0, 0.1) is 21.0 Å². The van der Waals surface area contributed by atoms with Gasteiger partial charge in [-0.25, -0.2) is 21.6 Å². The summed E-state index contributed by atoms with van der Waals surface area (Å²) < 4.78 is 68.5. The lowest BCUT2D eigenvalue weighted by molar-refractivity contribution is 0.511. The zero-order valence-electron chi connectivity index (χ0n) is 13.1. The van der Waals surface area contributed by atoms with Crippen LogP contribution in [0.4, 0.5) is 30.2 Å². The van der Waals surface area contributed by atoms with Gasteiger partial charge in [-0.15, -0.1) is 0 Å². The topological polar surface area (TPSA) is 49.4 Å². The maximum Gasteiger partial charge on any atom is 0.237 e. The Morgan fingerprint density at radius 3 is 2.40 bits per heavy atom. The van der Waals surface area contributed by atoms with Gasteiger partial charge in [0.1, 0.15) is 11.5 Å². The second-order valence-electron chi connectivity index (χ2n) is 5.72. The fraction of sp³-hybridized carbons (Fsp3) is 0.250. The molecule has 134 valence electrons. The van der Waals surface area contributed by atoms with Crippen molar-refractivity contribution in [3.05, 3.63) is 51.4 Å². The minimum Gasteiger partial charge on any atom is -0.349 e. The Morgan fingerprint density at radius 2 is 1.80 bits per heavy atom. The van der Waals surface area contributed by atoms with Crippen LogP contribution in [0.1, 0.15) is 12.8 Å². The molecule has 0 unspecified atom stereocenters. The average Bonchev–Trinajstić information content (AvgIpc) is 3.39. The summed E-state index contributed by atoms with van der Waals surface area (Å²) in [5.41, 5.74) is -0.584. The van der Waals surface area contributed by atoms with Gasteiger partial charge in [0, 0.05) is 10.6 Å². The van der Waals surface area contributed by atoms with E-state index in [1.165, 1.54) is 19.2 Å². The molecule has 0 amide bonds. The lowest BCUT2D eigenvalue weighted by Gasteiger charge is -2.23. The molecule has 9 heteroatoms. The second kappa shape index (κ2) is 6.67. The summed E-state index contributed by atoms with van der Waals surface area (Å²) in [5, 5.41) is 1.97. The summed E-state index contributed by atoms with van der Waals surface area (Å²) in [7, 11) is -2.40. The zero-order valence-corrected chi connectivity index (χ0v) is 16.0. The van der Waals surface area contributed by atoms with Crippen molar-refractivity contribution in [2.24, 2.45) is 0 Å². The smallest absolute Gasteiger partial charge is 0.237 e. The van der Waals surface area contributed by atoms with Crippen LogP contribution in [0.5, 0.6) is 0 Å². The van der Waals surface area contributed by atoms with E-state index in [0.717, 1.165) is 16.4 Å². The van der Waals surface area contributed by atoms with Gasteiger partial charge < -0.3 is 5.32 Å². The van der Waals surface area contributed by atoms with Crippen molar-refractivity contribution >= 4 is 49.7 Å². The summed E-state index contributed by atoms with van der Waals surface area (Å²) in [5.74, 6) is -3.09. The van der Waals surface area contributed by atoms with Crippen LogP contribution >= 0.6 is 22.6 Å². The quantitative estimate of drug-likeness (QED) is 0.644. The summed E-state index contributed by atoms with van der Waals surface area (Å²) in [6, 6.07) is 6.20. The van der Waals surface area contributed by atoms with E-state index in [-0.39, 0.29) is 11.4 Å². The number of nitrogens with zero attached hydrogens (tertiary/aromatic N) is 1. The number of anilines is 3. The molecule has 0 spiro atoms. The first-order valence-electron chi connectivity index (χ1n) is 7.39. The molecule has 4 nitrogen and oxygen atoms in total. The first-order chi connectivity index (χ1) is 11.7. The van der Waals surface area contributed by atoms with E-state index in [1.54, 1.807) is 6.07 Å². The minimum atomic E-state index is -3.67. The van der Waals surface area contributed by atoms with Gasteiger partial charge in [-0.05, 0) is 65.8 Å². The maximum absolute atomic E-state index is 14.3. The van der Waals surface area contributed by atoms with E-state index < -0.39 is 38.4 Å². The number of hydrogen-bond acceptors (Lipinski definition) is 3. The third-order valence-electron chi connectivity index (χ3n) is 3.93. The van der Waals surface area contributed by atoms with Crippen molar-refractivity contribution in [3.8, 4) is 0 Å². The van der Waals surface area contributed by atoms with Crippen LogP contribution in [0.15, 0.2) is 30.3 Å². The molecule has 0 radical (unpaired) electrons. The molecule has 1 saturated carbocycles. The molecule has 2 aromatic carbocycles. The number of nitrogens with one attached hydrogen (secondary N) is 1. The van der Waals surface area contributed by atoms with Crippen molar-refractivity contribution < 1.29 is 21.6 Å². The molecular weight excluding hydrogens is 468 g/mol. The van der Waals surface area contributed by atoms with Gasteiger partial charge in [0.15, 0.2) is 11.6 Å². The van der Waals surface area contributed by atoms with Gasteiger partial charge in [0.2, 0.25) is 10.0 Å². The maximum atomic E-state index is 14.3. The van der Waals surface area contributed by atoms with Crippen LogP contribution in [0.25, 0.3) is 0 Å². The van der Waals surface area contributed by atoms with Gasteiger partial charge in [-0.3, -0.25) is 4.31 Å². The molecule has 25 heavy (non-hydrogen) atoms. The highest BCUT2D eigenvalue weighted by Crippen LogP contribution is 2.38. The number of benzene rings is 2. The highest BCUT2D eigenvalue weighted by Gasteiger charge is 2.39. The largest absolute Gasteiger partial charge is 0.349 e. The molecule has 0 heterocycles. The number of hydrogen-bond donors (Lipinski definition) is 1. The Labute approximate surface area is 157 Å². The fourth-order valence-corrected chi connectivity index (χ4v) is 4.43. The predicted octanol–water partition coefficient (Wildman–Crippen LogP) is 4.38. The Balaban J connectivity index is 2.07.